The van der Waals surface area contributed by atoms with E-state index in [0.29, 0.717) is 43.4 Å². The molecule has 0 bridgehead atoms. The highest BCUT2D eigenvalue weighted by molar-refractivity contribution is 6.31. The van der Waals surface area contributed by atoms with Crippen molar-refractivity contribution in [3.05, 3.63) is 112 Å². The molecule has 7 rings (SSSR count). The van der Waals surface area contributed by atoms with E-state index in [0.717, 1.165) is 23.3 Å². The fourth-order valence-corrected chi connectivity index (χ4v) is 6.93. The number of nitrogens with zero attached hydrogens (tertiary/aromatic N) is 6. The molecule has 2 amide bonds. The molecule has 1 aromatic heterocycles. The highest BCUT2D eigenvalue weighted by Crippen LogP contribution is 2.36. The van der Waals surface area contributed by atoms with Crippen molar-refractivity contribution in [2.45, 2.75) is 50.5 Å². The number of carbonyl (C=O) groups is 2. The van der Waals surface area contributed by atoms with Crippen molar-refractivity contribution >= 4 is 23.4 Å². The molecule has 2 saturated heterocycles. The summed E-state index contributed by atoms with van der Waals surface area (Å²) in [4.78, 5) is 33.6. The van der Waals surface area contributed by atoms with Gasteiger partial charge in [-0.3, -0.25) is 14.5 Å². The van der Waals surface area contributed by atoms with Gasteiger partial charge in [-0.1, -0.05) is 65.3 Å². The Hall–Kier alpha value is -4.46. The fourth-order valence-electron chi connectivity index (χ4n) is 6.73. The predicted octanol–water partition coefficient (Wildman–Crippen LogP) is 4.90. The van der Waals surface area contributed by atoms with Crippen LogP contribution in [0.4, 0.5) is 13.2 Å². The normalized spacial score (nSPS) is 21.6. The Labute approximate surface area is 285 Å². The summed E-state index contributed by atoms with van der Waals surface area (Å²) in [5, 5.41) is 8.97. The Morgan fingerprint density at radius 3 is 2.53 bits per heavy atom. The van der Waals surface area contributed by atoms with Gasteiger partial charge in [0.25, 0.3) is 5.91 Å². The second kappa shape index (κ2) is 13.8. The van der Waals surface area contributed by atoms with Gasteiger partial charge in [-0.25, -0.2) is 4.68 Å². The van der Waals surface area contributed by atoms with Crippen LogP contribution in [0.25, 0.3) is 0 Å². The van der Waals surface area contributed by atoms with E-state index in [1.54, 1.807) is 21.8 Å². The molecule has 10 nitrogen and oxygen atoms in total. The number of aromatic nitrogens is 3. The van der Waals surface area contributed by atoms with E-state index in [9.17, 15) is 22.8 Å². The van der Waals surface area contributed by atoms with E-state index in [1.807, 2.05) is 48.5 Å². The number of rotatable bonds is 7. The minimum Gasteiger partial charge on any atom is -0.491 e. The van der Waals surface area contributed by atoms with Crippen LogP contribution in [0.15, 0.2) is 79.0 Å². The summed E-state index contributed by atoms with van der Waals surface area (Å²) < 4.78 is 55.2. The van der Waals surface area contributed by atoms with Gasteiger partial charge < -0.3 is 19.3 Å². The van der Waals surface area contributed by atoms with E-state index < -0.39 is 29.8 Å². The SMILES string of the molecule is O=C1[C@@H]2C[C@@H](OCc3cn(Cc4ccccc4Cl)nn3)CN2C(=O)c2cc(C(F)(F)F)ccc2OC[C@@H]2CN(Cc3ccccc3)CCN12. The van der Waals surface area contributed by atoms with Gasteiger partial charge in [0.2, 0.25) is 5.91 Å². The number of hydrogen-bond acceptors (Lipinski definition) is 7. The Bertz CT molecular complexity index is 1820. The zero-order chi connectivity index (χ0) is 34.1. The van der Waals surface area contributed by atoms with Crippen molar-refractivity contribution in [3.63, 3.8) is 0 Å². The van der Waals surface area contributed by atoms with Crippen LogP contribution in [-0.4, -0.2) is 92.5 Å². The number of alkyl halides is 3. The van der Waals surface area contributed by atoms with Crippen LogP contribution in [0.2, 0.25) is 5.02 Å². The topological polar surface area (TPSA) is 93.0 Å². The zero-order valence-corrected chi connectivity index (χ0v) is 27.2. The number of ether oxygens (including phenoxy) is 2. The molecule has 49 heavy (non-hydrogen) atoms. The average molecular weight is 695 g/mol. The molecule has 3 atom stereocenters. The molecule has 0 saturated carbocycles. The lowest BCUT2D eigenvalue weighted by molar-refractivity contribution is -0.142. The number of fused-ring (bicyclic) bond motifs is 3. The lowest BCUT2D eigenvalue weighted by Gasteiger charge is -2.43. The lowest BCUT2D eigenvalue weighted by Crippen LogP contribution is -2.61. The van der Waals surface area contributed by atoms with Gasteiger partial charge in [0.15, 0.2) is 0 Å². The standard InChI is InChI=1S/C35H34ClF3N6O4/c36-30-9-5-4-8-24(30)17-43-18-26(40-41-43)21-48-28-15-31-34(47)44-13-12-42(16-23-6-2-1-3-7-23)19-27(44)22-49-32-11-10-25(35(37,38)39)14-29(32)33(46)45(31)20-28/h1-11,14,18,27-28,31H,12-13,15-17,19-22H2/t27-,28+,31-/m0/s1. The second-order valence-electron chi connectivity index (χ2n) is 12.6. The van der Waals surface area contributed by atoms with Gasteiger partial charge in [-0.15, -0.1) is 5.10 Å². The summed E-state index contributed by atoms with van der Waals surface area (Å²) in [7, 11) is 0. The molecule has 0 aliphatic carbocycles. The third kappa shape index (κ3) is 7.29. The molecule has 3 aliphatic rings. The quantitative estimate of drug-likeness (QED) is 0.272. The summed E-state index contributed by atoms with van der Waals surface area (Å²) in [6, 6.07) is 19.0. The van der Waals surface area contributed by atoms with Gasteiger partial charge >= 0.3 is 6.18 Å². The van der Waals surface area contributed by atoms with Crippen LogP contribution < -0.4 is 4.74 Å². The summed E-state index contributed by atoms with van der Waals surface area (Å²) in [5.41, 5.74) is 1.34. The summed E-state index contributed by atoms with van der Waals surface area (Å²) in [6.07, 6.45) is -3.32. The summed E-state index contributed by atoms with van der Waals surface area (Å²) in [5.74, 6) is -0.934. The Morgan fingerprint density at radius 2 is 1.73 bits per heavy atom. The smallest absolute Gasteiger partial charge is 0.416 e. The maximum Gasteiger partial charge on any atom is 0.416 e. The van der Waals surface area contributed by atoms with Crippen molar-refractivity contribution < 1.29 is 32.2 Å². The van der Waals surface area contributed by atoms with E-state index in [2.05, 4.69) is 15.2 Å². The van der Waals surface area contributed by atoms with Gasteiger partial charge in [-0.2, -0.15) is 13.2 Å². The molecular formula is C35H34ClF3N6O4. The predicted molar refractivity (Wildman–Crippen MR) is 173 cm³/mol. The molecule has 256 valence electrons. The van der Waals surface area contributed by atoms with Gasteiger partial charge in [-0.05, 0) is 35.4 Å². The number of hydrogen-bond donors (Lipinski definition) is 0. The fraction of sp³-hybridized carbons (Fsp3) is 0.371. The maximum absolute atomic E-state index is 14.2. The molecular weight excluding hydrogens is 661 g/mol. The number of benzene rings is 3. The average Bonchev–Trinajstić information content (AvgIpc) is 3.74. The van der Waals surface area contributed by atoms with Crippen LogP contribution in [0.5, 0.6) is 5.75 Å². The third-order valence-electron chi connectivity index (χ3n) is 9.22. The summed E-state index contributed by atoms with van der Waals surface area (Å²) >= 11 is 6.29. The van der Waals surface area contributed by atoms with E-state index in [1.165, 1.54) is 11.0 Å². The van der Waals surface area contributed by atoms with Gasteiger partial charge in [0, 0.05) is 44.2 Å². The van der Waals surface area contributed by atoms with Crippen molar-refractivity contribution in [2.24, 2.45) is 0 Å². The highest BCUT2D eigenvalue weighted by Gasteiger charge is 2.46. The van der Waals surface area contributed by atoms with E-state index >= 15 is 0 Å². The Balaban J connectivity index is 1.12. The number of carbonyl (C=O) groups excluding carboxylic acids is 2. The first kappa shape index (κ1) is 33.1. The maximum atomic E-state index is 14.2. The molecule has 0 unspecified atom stereocenters. The van der Waals surface area contributed by atoms with Crippen molar-refractivity contribution in [1.29, 1.82) is 0 Å². The Morgan fingerprint density at radius 1 is 0.939 bits per heavy atom. The van der Waals surface area contributed by atoms with Crippen molar-refractivity contribution in [1.82, 2.24) is 29.7 Å². The molecule has 0 N–H and O–H groups in total. The first-order chi connectivity index (χ1) is 23.6. The minimum atomic E-state index is -4.67. The van der Waals surface area contributed by atoms with Crippen LogP contribution in [0.3, 0.4) is 0 Å². The zero-order valence-electron chi connectivity index (χ0n) is 26.4. The van der Waals surface area contributed by atoms with E-state index in [-0.39, 0.29) is 49.4 Å². The highest BCUT2D eigenvalue weighted by atomic mass is 35.5. The van der Waals surface area contributed by atoms with E-state index in [4.69, 9.17) is 21.1 Å². The lowest BCUT2D eigenvalue weighted by atomic mass is 10.0. The number of amides is 2. The van der Waals surface area contributed by atoms with Crippen LogP contribution in [0, 0.1) is 0 Å². The Kier molecular flexibility index (Phi) is 9.32. The van der Waals surface area contributed by atoms with Crippen LogP contribution >= 0.6 is 11.6 Å². The molecule has 2 fully saturated rings. The van der Waals surface area contributed by atoms with Crippen molar-refractivity contribution in [2.75, 3.05) is 32.8 Å². The van der Waals surface area contributed by atoms with Gasteiger partial charge in [0.05, 0.1) is 42.6 Å². The number of piperazine rings is 1. The molecule has 3 aliphatic heterocycles. The summed E-state index contributed by atoms with van der Waals surface area (Å²) in [6.45, 7) is 2.73. The number of halogens is 4. The molecule has 3 aromatic carbocycles. The molecule has 0 spiro atoms. The molecule has 4 heterocycles. The molecule has 4 aromatic rings. The molecule has 0 radical (unpaired) electrons. The van der Waals surface area contributed by atoms with Crippen LogP contribution in [0.1, 0.15) is 39.2 Å². The second-order valence-corrected chi connectivity index (χ2v) is 13.0. The monoisotopic (exact) mass is 694 g/mol. The third-order valence-corrected chi connectivity index (χ3v) is 9.59. The first-order valence-corrected chi connectivity index (χ1v) is 16.5. The minimum absolute atomic E-state index is 0.0112. The first-order valence-electron chi connectivity index (χ1n) is 16.1. The van der Waals surface area contributed by atoms with Crippen LogP contribution in [-0.2, 0) is 35.4 Å². The largest absolute Gasteiger partial charge is 0.491 e. The van der Waals surface area contributed by atoms with Crippen molar-refractivity contribution in [3.8, 4) is 5.75 Å². The molecule has 14 heteroatoms. The van der Waals surface area contributed by atoms with Gasteiger partial charge in [0.1, 0.15) is 24.1 Å².